The number of Topliss-reactive ketones (excluding diaryl/α,β-unsaturated/α-hetero) is 1. The van der Waals surface area contributed by atoms with Crippen molar-refractivity contribution in [3.63, 3.8) is 0 Å². The van der Waals surface area contributed by atoms with Gasteiger partial charge in [-0.1, -0.05) is 67.4 Å². The first-order valence-electron chi connectivity index (χ1n) is 11.7. The number of ether oxygens (including phenoxy) is 1. The highest BCUT2D eigenvalue weighted by Crippen LogP contribution is 2.45. The van der Waals surface area contributed by atoms with Gasteiger partial charge in [0.15, 0.2) is 5.75 Å². The molecular formula is C29H24Cl2N2O4. The van der Waals surface area contributed by atoms with Gasteiger partial charge in [-0.25, -0.2) is 0 Å². The lowest BCUT2D eigenvalue weighted by Crippen LogP contribution is -2.29. The largest absolute Gasteiger partial charge is 0.507 e. The number of H-pyrrole nitrogens is 1. The number of para-hydroxylation sites is 1. The van der Waals surface area contributed by atoms with Crippen LogP contribution in [0.15, 0.2) is 72.4 Å². The maximum atomic E-state index is 13.5. The molecule has 2 N–H and O–H groups in total. The molecule has 1 unspecified atom stereocenters. The van der Waals surface area contributed by atoms with Gasteiger partial charge in [-0.2, -0.15) is 0 Å². The molecule has 2 heterocycles. The number of carbonyl (C=O) groups is 2. The number of amides is 1. The molecule has 0 saturated carbocycles. The van der Waals surface area contributed by atoms with Crippen molar-refractivity contribution in [3.8, 4) is 5.75 Å². The van der Waals surface area contributed by atoms with Crippen LogP contribution >= 0.6 is 23.2 Å². The summed E-state index contributed by atoms with van der Waals surface area (Å²) in [6.45, 7) is 4.16. The van der Waals surface area contributed by atoms with Crippen molar-refractivity contribution in [2.75, 3.05) is 12.0 Å². The van der Waals surface area contributed by atoms with E-state index in [1.807, 2.05) is 48.5 Å². The Morgan fingerprint density at radius 2 is 1.68 bits per heavy atom. The molecule has 1 fully saturated rings. The Bertz CT molecular complexity index is 1550. The second kappa shape index (κ2) is 9.61. The molecule has 1 atom stereocenters. The highest BCUT2D eigenvalue weighted by Gasteiger charge is 2.47. The monoisotopic (exact) mass is 534 g/mol. The lowest BCUT2D eigenvalue weighted by atomic mass is 9.94. The van der Waals surface area contributed by atoms with E-state index in [-0.39, 0.29) is 32.7 Å². The Morgan fingerprint density at radius 1 is 1.03 bits per heavy atom. The van der Waals surface area contributed by atoms with E-state index in [4.69, 9.17) is 27.9 Å². The number of benzene rings is 3. The van der Waals surface area contributed by atoms with Crippen LogP contribution in [0.1, 0.15) is 42.5 Å². The third kappa shape index (κ3) is 4.16. The average Bonchev–Trinajstić information content (AvgIpc) is 3.42. The van der Waals surface area contributed by atoms with Crippen LogP contribution in [0, 0.1) is 0 Å². The van der Waals surface area contributed by atoms with E-state index < -0.39 is 17.7 Å². The summed E-state index contributed by atoms with van der Waals surface area (Å²) in [5.41, 5.74) is 3.32. The van der Waals surface area contributed by atoms with E-state index in [1.54, 1.807) is 6.20 Å². The Labute approximate surface area is 224 Å². The number of aromatic amines is 1. The minimum Gasteiger partial charge on any atom is -0.507 e. The van der Waals surface area contributed by atoms with Crippen molar-refractivity contribution in [1.29, 1.82) is 0 Å². The van der Waals surface area contributed by atoms with Crippen molar-refractivity contribution in [2.24, 2.45) is 0 Å². The highest BCUT2D eigenvalue weighted by atomic mass is 35.5. The smallest absolute Gasteiger partial charge is 0.300 e. The average molecular weight is 535 g/mol. The van der Waals surface area contributed by atoms with Gasteiger partial charge < -0.3 is 14.8 Å². The van der Waals surface area contributed by atoms with Gasteiger partial charge >= 0.3 is 0 Å². The summed E-state index contributed by atoms with van der Waals surface area (Å²) in [6.07, 6.45) is 1.76. The van der Waals surface area contributed by atoms with E-state index in [9.17, 15) is 14.7 Å². The summed E-state index contributed by atoms with van der Waals surface area (Å²) < 4.78 is 5.21. The molecule has 1 saturated heterocycles. The summed E-state index contributed by atoms with van der Waals surface area (Å²) in [4.78, 5) is 31.6. The normalized spacial score (nSPS) is 17.2. The van der Waals surface area contributed by atoms with Crippen LogP contribution in [0.3, 0.4) is 0 Å². The summed E-state index contributed by atoms with van der Waals surface area (Å²) in [5, 5.41) is 12.6. The molecule has 0 spiro atoms. The number of aromatic nitrogens is 1. The number of nitrogens with zero attached hydrogens (tertiary/aromatic N) is 1. The van der Waals surface area contributed by atoms with Crippen molar-refractivity contribution < 1.29 is 19.4 Å². The number of anilines is 1. The van der Waals surface area contributed by atoms with E-state index in [0.29, 0.717) is 17.2 Å². The highest BCUT2D eigenvalue weighted by molar-refractivity contribution is 6.52. The Morgan fingerprint density at radius 3 is 2.30 bits per heavy atom. The van der Waals surface area contributed by atoms with E-state index in [0.717, 1.165) is 16.5 Å². The topological polar surface area (TPSA) is 82.6 Å². The Hall–Kier alpha value is -3.74. The van der Waals surface area contributed by atoms with Crippen LogP contribution in [0.5, 0.6) is 5.75 Å². The number of ketones is 1. The van der Waals surface area contributed by atoms with Crippen LogP contribution in [0.2, 0.25) is 10.0 Å². The van der Waals surface area contributed by atoms with Crippen LogP contribution in [-0.2, 0) is 9.59 Å². The first-order valence-corrected chi connectivity index (χ1v) is 12.5. The van der Waals surface area contributed by atoms with Crippen molar-refractivity contribution in [2.45, 2.75) is 25.8 Å². The van der Waals surface area contributed by atoms with Gasteiger partial charge in [0.25, 0.3) is 11.7 Å². The summed E-state index contributed by atoms with van der Waals surface area (Å²) in [6, 6.07) is 17.1. The number of hydrogen-bond donors (Lipinski definition) is 2. The molecule has 0 bridgehead atoms. The molecule has 4 aromatic rings. The summed E-state index contributed by atoms with van der Waals surface area (Å²) in [7, 11) is 1.43. The molecular weight excluding hydrogens is 511 g/mol. The van der Waals surface area contributed by atoms with Crippen molar-refractivity contribution in [1.82, 2.24) is 4.98 Å². The second-order valence-electron chi connectivity index (χ2n) is 9.18. The first kappa shape index (κ1) is 24.9. The van der Waals surface area contributed by atoms with Crippen molar-refractivity contribution >= 4 is 57.2 Å². The first-order chi connectivity index (χ1) is 17.7. The van der Waals surface area contributed by atoms with Gasteiger partial charge in [-0.05, 0) is 41.8 Å². The number of hydrogen-bond acceptors (Lipinski definition) is 4. The third-order valence-corrected chi connectivity index (χ3v) is 7.24. The van der Waals surface area contributed by atoms with Gasteiger partial charge in [0.05, 0.1) is 28.8 Å². The molecule has 1 aromatic heterocycles. The molecule has 1 aliphatic heterocycles. The number of rotatable bonds is 5. The second-order valence-corrected chi connectivity index (χ2v) is 9.99. The molecule has 1 aliphatic rings. The zero-order valence-corrected chi connectivity index (χ0v) is 21.9. The number of aliphatic hydroxyl groups excluding tert-OH is 1. The quantitative estimate of drug-likeness (QED) is 0.160. The number of fused-ring (bicyclic) bond motifs is 1. The zero-order chi connectivity index (χ0) is 26.4. The van der Waals surface area contributed by atoms with Gasteiger partial charge in [-0.3, -0.25) is 14.5 Å². The fraction of sp³-hybridized carbons (Fsp3) is 0.172. The molecule has 0 radical (unpaired) electrons. The molecule has 1 amide bonds. The Balaban J connectivity index is 1.75. The molecule has 8 heteroatoms. The van der Waals surface area contributed by atoms with Crippen molar-refractivity contribution in [3.05, 3.63) is 99.2 Å². The van der Waals surface area contributed by atoms with Gasteiger partial charge in [-0.15, -0.1) is 0 Å². The number of nitrogens with one attached hydrogen (secondary N) is 1. The van der Waals surface area contributed by atoms with Gasteiger partial charge in [0.1, 0.15) is 5.76 Å². The maximum absolute atomic E-state index is 13.5. The minimum atomic E-state index is -0.888. The summed E-state index contributed by atoms with van der Waals surface area (Å²) >= 11 is 12.6. The standard InChI is InChI=1S/C29H24Cl2N2O4/c1-15(2)16-8-10-18(11-9-16)33-25(20-14-32-23-7-5-4-6-19(20)23)24(27(35)29(33)36)26(34)17-12-21(30)28(37-3)22(31)13-17/h4-15,25,32,34H,1-3H3/b26-24+. The molecule has 0 aliphatic carbocycles. The van der Waals surface area contributed by atoms with Gasteiger partial charge in [0.2, 0.25) is 0 Å². The lowest BCUT2D eigenvalue weighted by Gasteiger charge is -2.25. The Kier molecular flexibility index (Phi) is 6.48. The molecule has 3 aromatic carbocycles. The minimum absolute atomic E-state index is 0.0556. The van der Waals surface area contributed by atoms with E-state index in [2.05, 4.69) is 18.8 Å². The van der Waals surface area contributed by atoms with Crippen LogP contribution < -0.4 is 9.64 Å². The number of methoxy groups -OCH3 is 1. The van der Waals surface area contributed by atoms with E-state index >= 15 is 0 Å². The molecule has 6 nitrogen and oxygen atoms in total. The number of halogens is 2. The predicted octanol–water partition coefficient (Wildman–Crippen LogP) is 7.23. The number of aliphatic hydroxyl groups is 1. The third-order valence-electron chi connectivity index (χ3n) is 6.67. The predicted molar refractivity (Wildman–Crippen MR) is 147 cm³/mol. The lowest BCUT2D eigenvalue weighted by molar-refractivity contribution is -0.132. The van der Waals surface area contributed by atoms with Crippen LogP contribution in [0.4, 0.5) is 5.69 Å². The van der Waals surface area contributed by atoms with Crippen LogP contribution in [-0.4, -0.2) is 28.9 Å². The molecule has 188 valence electrons. The fourth-order valence-electron chi connectivity index (χ4n) is 4.78. The fourth-order valence-corrected chi connectivity index (χ4v) is 5.42. The maximum Gasteiger partial charge on any atom is 0.300 e. The van der Waals surface area contributed by atoms with Crippen LogP contribution in [0.25, 0.3) is 16.7 Å². The SMILES string of the molecule is COc1c(Cl)cc(/C(O)=C2\C(=O)C(=O)N(c3ccc(C(C)C)cc3)C2c2c[nH]c3ccccc23)cc1Cl. The van der Waals surface area contributed by atoms with Gasteiger partial charge in [0, 0.05) is 33.9 Å². The zero-order valence-electron chi connectivity index (χ0n) is 20.4. The summed E-state index contributed by atoms with van der Waals surface area (Å²) in [5.74, 6) is -1.36. The molecule has 5 rings (SSSR count). The molecule has 37 heavy (non-hydrogen) atoms. The number of carbonyl (C=O) groups excluding carboxylic acids is 2. The van der Waals surface area contributed by atoms with E-state index in [1.165, 1.54) is 24.1 Å².